The molecule has 3 rings (SSSR count). The Labute approximate surface area is 152 Å². The van der Waals surface area contributed by atoms with Crippen LogP contribution in [0, 0.1) is 0 Å². The molecule has 7 heteroatoms. The van der Waals surface area contributed by atoms with Crippen LogP contribution in [-0.4, -0.2) is 28.0 Å². The van der Waals surface area contributed by atoms with Gasteiger partial charge in [0.2, 0.25) is 17.6 Å². The maximum atomic E-state index is 12.3. The molecule has 2 heterocycles. The van der Waals surface area contributed by atoms with Gasteiger partial charge in [0.1, 0.15) is 0 Å². The van der Waals surface area contributed by atoms with Gasteiger partial charge >= 0.3 is 0 Å². The maximum Gasteiger partial charge on any atom is 0.227 e. The van der Waals surface area contributed by atoms with Crippen LogP contribution in [0.5, 0.6) is 0 Å². The van der Waals surface area contributed by atoms with Gasteiger partial charge in [-0.25, -0.2) is 0 Å². The van der Waals surface area contributed by atoms with Crippen molar-refractivity contribution in [3.63, 3.8) is 0 Å². The molecule has 3 aromatic rings. The second-order valence-electron chi connectivity index (χ2n) is 5.33. The Kier molecular flexibility index (Phi) is 5.42. The lowest BCUT2D eigenvalue weighted by Crippen LogP contribution is -2.26. The quantitative estimate of drug-likeness (QED) is 0.617. The zero-order chi connectivity index (χ0) is 16.9. The van der Waals surface area contributed by atoms with Gasteiger partial charge in [-0.2, -0.15) is 4.98 Å². The molecule has 0 atom stereocenters. The van der Waals surface area contributed by atoms with Crippen LogP contribution in [-0.2, 0) is 17.8 Å². The highest BCUT2D eigenvalue weighted by Crippen LogP contribution is 2.22. The fourth-order valence-corrected chi connectivity index (χ4v) is 3.30. The Bertz CT molecular complexity index is 817. The molecule has 0 radical (unpaired) electrons. The van der Waals surface area contributed by atoms with Crippen molar-refractivity contribution in [3.05, 3.63) is 57.7 Å². The van der Waals surface area contributed by atoms with E-state index in [2.05, 4.69) is 26.1 Å². The van der Waals surface area contributed by atoms with Crippen LogP contribution in [0.3, 0.4) is 0 Å². The number of hydrogen-bond donors (Lipinski definition) is 0. The molecule has 0 bridgehead atoms. The van der Waals surface area contributed by atoms with Crippen LogP contribution in [0.15, 0.2) is 50.8 Å². The Morgan fingerprint density at radius 2 is 2.12 bits per heavy atom. The number of carbonyl (C=O) groups is 1. The highest BCUT2D eigenvalue weighted by Gasteiger charge is 2.14. The number of carbonyl (C=O) groups excluding carboxylic acids is 1. The van der Waals surface area contributed by atoms with E-state index >= 15 is 0 Å². The molecule has 2 aromatic heterocycles. The number of amides is 1. The van der Waals surface area contributed by atoms with Crippen LogP contribution < -0.4 is 0 Å². The highest BCUT2D eigenvalue weighted by molar-refractivity contribution is 9.10. The first-order chi connectivity index (χ1) is 11.6. The summed E-state index contributed by atoms with van der Waals surface area (Å²) in [5.74, 6) is 1.11. The first-order valence-electron chi connectivity index (χ1n) is 7.47. The van der Waals surface area contributed by atoms with E-state index in [0.717, 1.165) is 14.9 Å². The van der Waals surface area contributed by atoms with Crippen LogP contribution in [0.1, 0.15) is 17.9 Å². The molecule has 0 saturated heterocycles. The molecule has 0 aliphatic carbocycles. The third kappa shape index (κ3) is 4.10. The first-order valence-corrected chi connectivity index (χ1v) is 9.14. The molecule has 1 aromatic carbocycles. The third-order valence-corrected chi connectivity index (χ3v) is 5.19. The number of benzene rings is 1. The molecule has 0 unspecified atom stereocenters. The van der Waals surface area contributed by atoms with Gasteiger partial charge in [-0.3, -0.25) is 4.79 Å². The summed E-state index contributed by atoms with van der Waals surface area (Å²) in [7, 11) is 1.80. The van der Waals surface area contributed by atoms with Crippen molar-refractivity contribution < 1.29 is 9.32 Å². The van der Waals surface area contributed by atoms with Gasteiger partial charge < -0.3 is 9.42 Å². The molecular formula is C17H16BrN3O2S. The van der Waals surface area contributed by atoms with Gasteiger partial charge in [-0.1, -0.05) is 45.4 Å². The molecule has 24 heavy (non-hydrogen) atoms. The summed E-state index contributed by atoms with van der Waals surface area (Å²) >= 11 is 5.06. The van der Waals surface area contributed by atoms with E-state index in [0.29, 0.717) is 31.1 Å². The average Bonchev–Trinajstić information content (AvgIpc) is 3.25. The van der Waals surface area contributed by atoms with Crippen LogP contribution >= 0.6 is 27.3 Å². The minimum atomic E-state index is 0.0432. The van der Waals surface area contributed by atoms with Gasteiger partial charge in [0, 0.05) is 30.9 Å². The van der Waals surface area contributed by atoms with Gasteiger partial charge in [-0.15, -0.1) is 11.3 Å². The average molecular weight is 406 g/mol. The monoisotopic (exact) mass is 405 g/mol. The molecule has 1 amide bonds. The molecule has 0 N–H and O–H groups in total. The Hall–Kier alpha value is -1.99. The minimum Gasteiger partial charge on any atom is -0.341 e. The lowest BCUT2D eigenvalue weighted by Gasteiger charge is -2.17. The Balaban J connectivity index is 1.54. The van der Waals surface area contributed by atoms with E-state index in [4.69, 9.17) is 4.52 Å². The largest absolute Gasteiger partial charge is 0.341 e. The van der Waals surface area contributed by atoms with Gasteiger partial charge in [0.05, 0.1) is 4.88 Å². The van der Waals surface area contributed by atoms with Gasteiger partial charge in [0.25, 0.3) is 0 Å². The number of aromatic nitrogens is 2. The van der Waals surface area contributed by atoms with E-state index in [9.17, 15) is 4.79 Å². The number of thiophene rings is 1. The van der Waals surface area contributed by atoms with E-state index < -0.39 is 0 Å². The second kappa shape index (κ2) is 7.72. The minimum absolute atomic E-state index is 0.0432. The van der Waals surface area contributed by atoms with Crippen molar-refractivity contribution in [1.29, 1.82) is 0 Å². The topological polar surface area (TPSA) is 59.2 Å². The smallest absolute Gasteiger partial charge is 0.227 e. The van der Waals surface area contributed by atoms with Gasteiger partial charge in [0.15, 0.2) is 0 Å². The highest BCUT2D eigenvalue weighted by atomic mass is 79.9. The molecule has 0 spiro atoms. The van der Waals surface area contributed by atoms with E-state index in [-0.39, 0.29) is 5.91 Å². The van der Waals surface area contributed by atoms with Crippen LogP contribution in [0.4, 0.5) is 0 Å². The SMILES string of the molecule is CN(Cc1ccccc1Br)C(=O)CCc1nc(-c2cccs2)no1. The zero-order valence-electron chi connectivity index (χ0n) is 13.1. The second-order valence-corrected chi connectivity index (χ2v) is 7.13. The van der Waals surface area contributed by atoms with Crippen molar-refractivity contribution >= 4 is 33.2 Å². The first kappa shape index (κ1) is 16.9. The van der Waals surface area contributed by atoms with Crippen molar-refractivity contribution in [2.75, 3.05) is 7.05 Å². The Morgan fingerprint density at radius 1 is 1.29 bits per heavy atom. The van der Waals surface area contributed by atoms with E-state index in [1.807, 2.05) is 41.8 Å². The Morgan fingerprint density at radius 3 is 2.88 bits per heavy atom. The van der Waals surface area contributed by atoms with E-state index in [1.54, 1.807) is 23.3 Å². The van der Waals surface area contributed by atoms with Crippen molar-refractivity contribution in [2.45, 2.75) is 19.4 Å². The predicted molar refractivity (Wildman–Crippen MR) is 96.5 cm³/mol. The van der Waals surface area contributed by atoms with E-state index in [1.165, 1.54) is 0 Å². The maximum absolute atomic E-state index is 12.3. The molecular weight excluding hydrogens is 390 g/mol. The summed E-state index contributed by atoms with van der Waals surface area (Å²) in [6.07, 6.45) is 0.782. The lowest BCUT2D eigenvalue weighted by atomic mass is 10.2. The number of nitrogens with zero attached hydrogens (tertiary/aromatic N) is 3. The van der Waals surface area contributed by atoms with Crippen LogP contribution in [0.2, 0.25) is 0 Å². The molecule has 0 saturated carbocycles. The molecule has 124 valence electrons. The summed E-state index contributed by atoms with van der Waals surface area (Å²) < 4.78 is 6.23. The normalized spacial score (nSPS) is 10.8. The standard InChI is InChI=1S/C17H16BrN3O2S/c1-21(11-12-5-2-3-6-13(12)18)16(22)9-8-15-19-17(20-23-15)14-7-4-10-24-14/h2-7,10H,8-9,11H2,1H3. The number of halogens is 1. The molecule has 0 aliphatic rings. The molecule has 0 aliphatic heterocycles. The summed E-state index contributed by atoms with van der Waals surface area (Å²) in [5.41, 5.74) is 1.08. The summed E-state index contributed by atoms with van der Waals surface area (Å²) in [6, 6.07) is 11.8. The van der Waals surface area contributed by atoms with Crippen molar-refractivity contribution in [1.82, 2.24) is 15.0 Å². The zero-order valence-corrected chi connectivity index (χ0v) is 15.5. The summed E-state index contributed by atoms with van der Waals surface area (Å²) in [6.45, 7) is 0.560. The van der Waals surface area contributed by atoms with Gasteiger partial charge in [-0.05, 0) is 23.1 Å². The fourth-order valence-electron chi connectivity index (χ4n) is 2.24. The molecule has 5 nitrogen and oxygen atoms in total. The third-order valence-electron chi connectivity index (χ3n) is 3.55. The summed E-state index contributed by atoms with van der Waals surface area (Å²) in [5, 5.41) is 5.92. The lowest BCUT2D eigenvalue weighted by molar-refractivity contribution is -0.130. The molecule has 0 fully saturated rings. The predicted octanol–water partition coefficient (Wildman–Crippen LogP) is 4.15. The van der Waals surface area contributed by atoms with Crippen LogP contribution in [0.25, 0.3) is 10.7 Å². The summed E-state index contributed by atoms with van der Waals surface area (Å²) in [4.78, 5) is 19.3. The fraction of sp³-hybridized carbons (Fsp3) is 0.235. The van der Waals surface area contributed by atoms with Crippen molar-refractivity contribution in [3.8, 4) is 10.7 Å². The number of aryl methyl sites for hydroxylation is 1. The number of hydrogen-bond acceptors (Lipinski definition) is 5. The van der Waals surface area contributed by atoms with Crippen molar-refractivity contribution in [2.24, 2.45) is 0 Å². The number of rotatable bonds is 6.